The summed E-state index contributed by atoms with van der Waals surface area (Å²) < 4.78 is 23.7. The minimum Gasteiger partial charge on any atom is -0.378 e. The summed E-state index contributed by atoms with van der Waals surface area (Å²) in [5.74, 6) is 0.608. The molecule has 4 nitrogen and oxygen atoms in total. The predicted molar refractivity (Wildman–Crippen MR) is 82.8 cm³/mol. The summed E-state index contributed by atoms with van der Waals surface area (Å²) in [4.78, 5) is 0. The average molecular weight is 305 g/mol. The van der Waals surface area contributed by atoms with Crippen LogP contribution < -0.4 is 0 Å². The van der Waals surface area contributed by atoms with Gasteiger partial charge in [0.05, 0.1) is 6.10 Å². The summed E-state index contributed by atoms with van der Waals surface area (Å²) >= 11 is 0. The largest absolute Gasteiger partial charge is 0.501 e. The van der Waals surface area contributed by atoms with Gasteiger partial charge in [0.2, 0.25) is 0 Å². The van der Waals surface area contributed by atoms with E-state index in [2.05, 4.69) is 6.92 Å². The second-order valence-electron chi connectivity index (χ2n) is 5.30. The van der Waals surface area contributed by atoms with Gasteiger partial charge in [0.15, 0.2) is 0 Å². The Hall–Kier alpha value is 0.0569. The molecule has 20 heavy (non-hydrogen) atoms. The second-order valence-corrected chi connectivity index (χ2v) is 7.94. The number of hydrogen-bond acceptors (Lipinski definition) is 4. The molecule has 2 atom stereocenters. The average Bonchev–Trinajstić information content (AvgIpc) is 2.40. The Bertz CT molecular complexity index is 231. The van der Waals surface area contributed by atoms with E-state index in [0.717, 1.165) is 19.1 Å². The zero-order valence-corrected chi connectivity index (χ0v) is 14.7. The predicted octanol–water partition coefficient (Wildman–Crippen LogP) is 3.63. The molecule has 0 amide bonds. The highest BCUT2D eigenvalue weighted by molar-refractivity contribution is 6.60. The fourth-order valence-corrected chi connectivity index (χ4v) is 6.13. The van der Waals surface area contributed by atoms with Crippen molar-refractivity contribution in [1.29, 1.82) is 0 Å². The number of rotatable bonds is 10. The van der Waals surface area contributed by atoms with Gasteiger partial charge in [-0.15, -0.1) is 0 Å². The van der Waals surface area contributed by atoms with Gasteiger partial charge < -0.3 is 18.0 Å². The van der Waals surface area contributed by atoms with E-state index >= 15 is 0 Å². The maximum absolute atomic E-state index is 5.96. The molecule has 120 valence electrons. The van der Waals surface area contributed by atoms with Crippen LogP contribution in [0.1, 0.15) is 53.4 Å². The fourth-order valence-electron chi connectivity index (χ4n) is 3.13. The Balaban J connectivity index is 2.62. The summed E-state index contributed by atoms with van der Waals surface area (Å²) in [6.07, 6.45) is 5.21. The lowest BCUT2D eigenvalue weighted by Crippen LogP contribution is -2.48. The van der Waals surface area contributed by atoms with Gasteiger partial charge in [-0.05, 0) is 46.5 Å². The summed E-state index contributed by atoms with van der Waals surface area (Å²) in [6, 6.07) is 0.937. The molecular weight excluding hydrogens is 272 g/mol. The van der Waals surface area contributed by atoms with Crippen molar-refractivity contribution in [1.82, 2.24) is 0 Å². The van der Waals surface area contributed by atoms with Crippen molar-refractivity contribution in [3.05, 3.63) is 0 Å². The van der Waals surface area contributed by atoms with Crippen LogP contribution >= 0.6 is 0 Å². The molecule has 0 aromatic carbocycles. The molecule has 0 bridgehead atoms. The molecular formula is C15H32O4Si. The van der Waals surface area contributed by atoms with Crippen molar-refractivity contribution < 1.29 is 18.0 Å². The Morgan fingerprint density at radius 3 is 1.95 bits per heavy atom. The molecule has 0 N–H and O–H groups in total. The second kappa shape index (κ2) is 9.90. The quantitative estimate of drug-likeness (QED) is 0.578. The fraction of sp³-hybridized carbons (Fsp3) is 1.00. The van der Waals surface area contributed by atoms with Crippen LogP contribution in [-0.4, -0.2) is 41.3 Å². The standard InChI is InChI=1S/C15H32O4Si/c1-5-16-15-11-9-10-14(12-15)13-20(17-6-2,18-7-3)19-8-4/h14-15H,5-13H2,1-4H3. The van der Waals surface area contributed by atoms with Gasteiger partial charge in [0.25, 0.3) is 0 Å². The van der Waals surface area contributed by atoms with Crippen molar-refractivity contribution >= 4 is 8.80 Å². The maximum atomic E-state index is 5.96. The zero-order chi connectivity index (χ0) is 14.8. The van der Waals surface area contributed by atoms with E-state index in [9.17, 15) is 0 Å². The molecule has 0 saturated heterocycles. The minimum absolute atomic E-state index is 0.412. The highest BCUT2D eigenvalue weighted by Gasteiger charge is 2.43. The number of hydrogen-bond donors (Lipinski definition) is 0. The molecule has 0 heterocycles. The third kappa shape index (κ3) is 5.82. The van der Waals surface area contributed by atoms with Crippen LogP contribution in [0.25, 0.3) is 0 Å². The first-order valence-corrected chi connectivity index (χ1v) is 10.2. The Morgan fingerprint density at radius 1 is 0.850 bits per heavy atom. The number of ether oxygens (including phenoxy) is 1. The van der Waals surface area contributed by atoms with Crippen LogP contribution in [0.5, 0.6) is 0 Å². The van der Waals surface area contributed by atoms with Crippen LogP contribution in [0, 0.1) is 5.92 Å². The Kier molecular flexibility index (Phi) is 8.96. The van der Waals surface area contributed by atoms with Crippen LogP contribution in [0.3, 0.4) is 0 Å². The molecule has 5 heteroatoms. The SMILES string of the molecule is CCOC1CCCC(C[Si](OCC)(OCC)OCC)C1. The van der Waals surface area contributed by atoms with E-state index in [4.69, 9.17) is 18.0 Å². The van der Waals surface area contributed by atoms with E-state index in [1.807, 2.05) is 20.8 Å². The smallest absolute Gasteiger partial charge is 0.378 e. The van der Waals surface area contributed by atoms with Gasteiger partial charge >= 0.3 is 8.80 Å². The molecule has 2 unspecified atom stereocenters. The van der Waals surface area contributed by atoms with Gasteiger partial charge in [-0.3, -0.25) is 0 Å². The minimum atomic E-state index is -2.49. The Labute approximate surface area is 125 Å². The van der Waals surface area contributed by atoms with E-state index < -0.39 is 8.80 Å². The molecule has 0 aromatic rings. The first-order chi connectivity index (χ1) is 9.69. The monoisotopic (exact) mass is 304 g/mol. The van der Waals surface area contributed by atoms with E-state index in [1.54, 1.807) is 0 Å². The van der Waals surface area contributed by atoms with Crippen molar-refractivity contribution in [2.45, 2.75) is 65.5 Å². The van der Waals surface area contributed by atoms with E-state index in [0.29, 0.717) is 31.8 Å². The lowest BCUT2D eigenvalue weighted by atomic mass is 9.88. The molecule has 1 aliphatic carbocycles. The lowest BCUT2D eigenvalue weighted by Gasteiger charge is -2.35. The third-order valence-corrected chi connectivity index (χ3v) is 7.03. The molecule has 0 spiro atoms. The van der Waals surface area contributed by atoms with E-state index in [-0.39, 0.29) is 0 Å². The van der Waals surface area contributed by atoms with Crippen LogP contribution in [0.2, 0.25) is 6.04 Å². The lowest BCUT2D eigenvalue weighted by molar-refractivity contribution is 0.0157. The summed E-state index contributed by atoms with van der Waals surface area (Å²) in [5.41, 5.74) is 0. The first kappa shape index (κ1) is 18.1. The summed E-state index contributed by atoms with van der Waals surface area (Å²) in [6.45, 7) is 10.9. The van der Waals surface area contributed by atoms with E-state index in [1.165, 1.54) is 19.3 Å². The highest BCUT2D eigenvalue weighted by atomic mass is 28.4. The van der Waals surface area contributed by atoms with Crippen molar-refractivity contribution in [2.75, 3.05) is 26.4 Å². The molecule has 1 aliphatic rings. The molecule has 0 radical (unpaired) electrons. The maximum Gasteiger partial charge on any atom is 0.501 e. The van der Waals surface area contributed by atoms with Crippen LogP contribution in [-0.2, 0) is 18.0 Å². The molecule has 1 saturated carbocycles. The summed E-state index contributed by atoms with van der Waals surface area (Å²) in [7, 11) is -2.49. The van der Waals surface area contributed by atoms with Gasteiger partial charge in [-0.2, -0.15) is 0 Å². The van der Waals surface area contributed by atoms with Crippen molar-refractivity contribution in [3.63, 3.8) is 0 Å². The van der Waals surface area contributed by atoms with Crippen LogP contribution in [0.15, 0.2) is 0 Å². The highest BCUT2D eigenvalue weighted by Crippen LogP contribution is 2.33. The van der Waals surface area contributed by atoms with Gasteiger partial charge in [0, 0.05) is 32.5 Å². The zero-order valence-electron chi connectivity index (χ0n) is 13.7. The van der Waals surface area contributed by atoms with Gasteiger partial charge in [-0.25, -0.2) is 0 Å². The van der Waals surface area contributed by atoms with Gasteiger partial charge in [-0.1, -0.05) is 12.8 Å². The third-order valence-electron chi connectivity index (χ3n) is 3.77. The van der Waals surface area contributed by atoms with Crippen molar-refractivity contribution in [2.24, 2.45) is 5.92 Å². The molecule has 1 rings (SSSR count). The molecule has 0 aliphatic heterocycles. The van der Waals surface area contributed by atoms with Crippen molar-refractivity contribution in [3.8, 4) is 0 Å². The Morgan fingerprint density at radius 2 is 1.45 bits per heavy atom. The topological polar surface area (TPSA) is 36.9 Å². The normalized spacial score (nSPS) is 24.0. The molecule has 0 aromatic heterocycles. The van der Waals surface area contributed by atoms with Gasteiger partial charge in [0.1, 0.15) is 0 Å². The van der Waals surface area contributed by atoms with Crippen LogP contribution in [0.4, 0.5) is 0 Å². The molecule has 1 fully saturated rings. The first-order valence-electron chi connectivity index (χ1n) is 8.23. The summed E-state index contributed by atoms with van der Waals surface area (Å²) in [5, 5.41) is 0.